The van der Waals surface area contributed by atoms with Gasteiger partial charge in [-0.3, -0.25) is 4.90 Å². The van der Waals surface area contributed by atoms with Crippen LogP contribution >= 0.6 is 0 Å². The monoisotopic (exact) mass is 339 g/mol. The number of nitrogens with one attached hydrogen (secondary N) is 1. The van der Waals surface area contributed by atoms with E-state index in [9.17, 15) is 0 Å². The third-order valence-corrected chi connectivity index (χ3v) is 4.71. The van der Waals surface area contributed by atoms with Gasteiger partial charge in [0.05, 0.1) is 30.7 Å². The number of nitrogens with zero attached hydrogens (tertiary/aromatic N) is 4. The van der Waals surface area contributed by atoms with Crippen LogP contribution in [-0.2, 0) is 11.3 Å². The van der Waals surface area contributed by atoms with Gasteiger partial charge in [0.1, 0.15) is 0 Å². The molecule has 7 nitrogen and oxygen atoms in total. The zero-order valence-corrected chi connectivity index (χ0v) is 14.3. The second kappa shape index (κ2) is 6.78. The highest BCUT2D eigenvalue weighted by Gasteiger charge is 2.36. The summed E-state index contributed by atoms with van der Waals surface area (Å²) in [7, 11) is 1.74. The van der Waals surface area contributed by atoms with E-state index in [2.05, 4.69) is 56.5 Å². The van der Waals surface area contributed by atoms with E-state index in [4.69, 9.17) is 9.15 Å². The molecule has 0 bridgehead atoms. The number of H-pyrrole nitrogens is 1. The minimum absolute atomic E-state index is 0.0941. The summed E-state index contributed by atoms with van der Waals surface area (Å²) in [6.45, 7) is 4.38. The molecule has 0 amide bonds. The Bertz CT molecular complexity index is 812. The van der Waals surface area contributed by atoms with Gasteiger partial charge in [-0.2, -0.15) is 15.4 Å². The fourth-order valence-electron chi connectivity index (χ4n) is 3.32. The van der Waals surface area contributed by atoms with Crippen molar-refractivity contribution < 1.29 is 9.15 Å². The molecule has 3 heterocycles. The number of rotatable bonds is 5. The Kier molecular flexibility index (Phi) is 4.33. The van der Waals surface area contributed by atoms with E-state index >= 15 is 0 Å². The molecule has 0 aliphatic carbocycles. The van der Waals surface area contributed by atoms with Crippen molar-refractivity contribution in [3.63, 3.8) is 0 Å². The number of likely N-dealkylation sites (tertiary alicyclic amines) is 1. The third-order valence-electron chi connectivity index (χ3n) is 4.71. The molecular weight excluding hydrogens is 318 g/mol. The molecule has 1 N–H and O–H groups in total. The van der Waals surface area contributed by atoms with Gasteiger partial charge in [-0.25, -0.2) is 4.98 Å². The molecular formula is C18H21N5O2. The highest BCUT2D eigenvalue weighted by atomic mass is 16.5. The molecule has 25 heavy (non-hydrogen) atoms. The van der Waals surface area contributed by atoms with Crippen molar-refractivity contribution in [1.29, 1.82) is 0 Å². The average molecular weight is 339 g/mol. The molecule has 1 aliphatic heterocycles. The van der Waals surface area contributed by atoms with E-state index in [0.29, 0.717) is 12.4 Å². The molecule has 0 saturated carbocycles. The lowest BCUT2D eigenvalue weighted by Crippen LogP contribution is -2.22. The van der Waals surface area contributed by atoms with Crippen LogP contribution in [0.25, 0.3) is 11.3 Å². The molecule has 0 radical (unpaired) electrons. The summed E-state index contributed by atoms with van der Waals surface area (Å²) in [6.07, 6.45) is 3.65. The zero-order valence-electron chi connectivity index (χ0n) is 14.3. The van der Waals surface area contributed by atoms with Crippen LogP contribution < -0.4 is 0 Å². The largest absolute Gasteiger partial charge is 0.439 e. The number of ether oxygens (including phenoxy) is 1. The SMILES string of the molecule is CO[C@@H]1CN(Cc2ncc(-c3ccc(C)cc3)o2)C[C@H]1c1cn[nH]n1. The lowest BCUT2D eigenvalue weighted by molar-refractivity contribution is 0.0949. The van der Waals surface area contributed by atoms with E-state index in [1.165, 1.54) is 5.56 Å². The van der Waals surface area contributed by atoms with E-state index in [0.717, 1.165) is 30.1 Å². The fraction of sp³-hybridized carbons (Fsp3) is 0.389. The maximum absolute atomic E-state index is 5.94. The molecule has 4 rings (SSSR count). The average Bonchev–Trinajstić information content (AvgIpc) is 3.36. The summed E-state index contributed by atoms with van der Waals surface area (Å²) in [5.74, 6) is 1.71. The summed E-state index contributed by atoms with van der Waals surface area (Å²) < 4.78 is 11.6. The first kappa shape index (κ1) is 16.0. The summed E-state index contributed by atoms with van der Waals surface area (Å²) in [6, 6.07) is 8.25. The van der Waals surface area contributed by atoms with Crippen molar-refractivity contribution in [1.82, 2.24) is 25.3 Å². The van der Waals surface area contributed by atoms with E-state index < -0.39 is 0 Å². The minimum atomic E-state index is 0.0941. The first-order chi connectivity index (χ1) is 12.2. The van der Waals surface area contributed by atoms with Crippen LogP contribution in [0, 0.1) is 6.92 Å². The van der Waals surface area contributed by atoms with E-state index in [1.807, 2.05) is 0 Å². The van der Waals surface area contributed by atoms with Gasteiger partial charge in [-0.15, -0.1) is 0 Å². The van der Waals surface area contributed by atoms with Crippen molar-refractivity contribution in [2.75, 3.05) is 20.2 Å². The molecule has 2 atom stereocenters. The third kappa shape index (κ3) is 3.33. The van der Waals surface area contributed by atoms with E-state index in [-0.39, 0.29) is 12.0 Å². The highest BCUT2D eigenvalue weighted by molar-refractivity contribution is 5.56. The van der Waals surface area contributed by atoms with Crippen LogP contribution in [0.1, 0.15) is 23.1 Å². The Labute approximate surface area is 146 Å². The molecule has 1 aromatic carbocycles. The van der Waals surface area contributed by atoms with Crippen molar-refractivity contribution in [2.24, 2.45) is 0 Å². The maximum Gasteiger partial charge on any atom is 0.209 e. The highest BCUT2D eigenvalue weighted by Crippen LogP contribution is 2.29. The van der Waals surface area contributed by atoms with Gasteiger partial charge in [-0.05, 0) is 6.92 Å². The van der Waals surface area contributed by atoms with Gasteiger partial charge in [0.2, 0.25) is 5.89 Å². The molecule has 3 aromatic rings. The molecule has 0 spiro atoms. The molecule has 1 fully saturated rings. The van der Waals surface area contributed by atoms with Crippen molar-refractivity contribution in [3.8, 4) is 11.3 Å². The zero-order chi connectivity index (χ0) is 17.2. The quantitative estimate of drug-likeness (QED) is 0.769. The number of aryl methyl sites for hydroxylation is 1. The number of hydrogen-bond donors (Lipinski definition) is 1. The molecule has 1 saturated heterocycles. The lowest BCUT2D eigenvalue weighted by atomic mass is 10.0. The van der Waals surface area contributed by atoms with Gasteiger partial charge in [-0.1, -0.05) is 29.8 Å². The summed E-state index contributed by atoms with van der Waals surface area (Å²) in [5.41, 5.74) is 3.20. The van der Waals surface area contributed by atoms with Crippen LogP contribution in [0.3, 0.4) is 0 Å². The topological polar surface area (TPSA) is 80.1 Å². The van der Waals surface area contributed by atoms with Gasteiger partial charge in [0, 0.05) is 31.7 Å². The Hall–Kier alpha value is -2.51. The van der Waals surface area contributed by atoms with Crippen LogP contribution in [0.4, 0.5) is 0 Å². The van der Waals surface area contributed by atoms with Gasteiger partial charge in [0.15, 0.2) is 5.76 Å². The number of aromatic amines is 1. The molecule has 130 valence electrons. The normalized spacial score (nSPS) is 21.0. The Morgan fingerprint density at radius 2 is 2.08 bits per heavy atom. The van der Waals surface area contributed by atoms with Crippen LogP contribution in [0.2, 0.25) is 0 Å². The number of methoxy groups -OCH3 is 1. The van der Waals surface area contributed by atoms with Crippen LogP contribution in [0.15, 0.2) is 41.1 Å². The Morgan fingerprint density at radius 3 is 2.80 bits per heavy atom. The van der Waals surface area contributed by atoms with Crippen LogP contribution in [-0.4, -0.2) is 51.6 Å². The summed E-state index contributed by atoms with van der Waals surface area (Å²) in [4.78, 5) is 6.71. The van der Waals surface area contributed by atoms with E-state index in [1.54, 1.807) is 19.5 Å². The predicted octanol–water partition coefficient (Wildman–Crippen LogP) is 2.38. The van der Waals surface area contributed by atoms with Gasteiger partial charge < -0.3 is 9.15 Å². The van der Waals surface area contributed by atoms with Crippen molar-refractivity contribution in [3.05, 3.63) is 53.8 Å². The smallest absolute Gasteiger partial charge is 0.209 e. The number of hydrogen-bond acceptors (Lipinski definition) is 6. The standard InChI is InChI=1S/C18H21N5O2/c1-12-3-5-13(6-4-12)16-8-19-18(25-16)11-23-9-14(17(10-23)24-2)15-7-20-22-21-15/h3-8,14,17H,9-11H2,1-2H3,(H,20,21,22)/t14-,17+/m0/s1. The van der Waals surface area contributed by atoms with Crippen molar-refractivity contribution in [2.45, 2.75) is 25.5 Å². The first-order valence-corrected chi connectivity index (χ1v) is 8.35. The molecule has 2 aromatic heterocycles. The Morgan fingerprint density at radius 1 is 1.24 bits per heavy atom. The van der Waals surface area contributed by atoms with Gasteiger partial charge >= 0.3 is 0 Å². The number of benzene rings is 1. The van der Waals surface area contributed by atoms with Gasteiger partial charge in [0.25, 0.3) is 0 Å². The maximum atomic E-state index is 5.94. The summed E-state index contributed by atoms with van der Waals surface area (Å²) in [5, 5.41) is 10.8. The molecule has 1 aliphatic rings. The number of oxazole rings is 1. The molecule has 0 unspecified atom stereocenters. The summed E-state index contributed by atoms with van der Waals surface area (Å²) >= 11 is 0. The van der Waals surface area contributed by atoms with Crippen LogP contribution in [0.5, 0.6) is 0 Å². The molecule has 7 heteroatoms. The lowest BCUT2D eigenvalue weighted by Gasteiger charge is -2.13. The second-order valence-corrected chi connectivity index (χ2v) is 6.45. The Balaban J connectivity index is 1.45. The minimum Gasteiger partial charge on any atom is -0.439 e. The van der Waals surface area contributed by atoms with Crippen molar-refractivity contribution >= 4 is 0 Å². The predicted molar refractivity (Wildman–Crippen MR) is 91.9 cm³/mol. The number of aromatic nitrogens is 4. The first-order valence-electron chi connectivity index (χ1n) is 8.35. The fourth-order valence-corrected chi connectivity index (χ4v) is 3.32. The second-order valence-electron chi connectivity index (χ2n) is 6.45.